The maximum atomic E-state index is 5.74. The first-order chi connectivity index (χ1) is 9.74. The van der Waals surface area contributed by atoms with Gasteiger partial charge in [0, 0.05) is 4.88 Å². The van der Waals surface area contributed by atoms with Crippen LogP contribution in [0.2, 0.25) is 0 Å². The topological polar surface area (TPSA) is 21.3 Å². The number of thiophene rings is 1. The van der Waals surface area contributed by atoms with Crippen LogP contribution in [0.3, 0.4) is 0 Å². The van der Waals surface area contributed by atoms with Crippen LogP contribution in [-0.2, 0) is 0 Å². The van der Waals surface area contributed by atoms with E-state index in [1.165, 1.54) is 16.0 Å². The van der Waals surface area contributed by atoms with Crippen LogP contribution in [-0.4, -0.2) is 13.2 Å². The second-order valence-electron chi connectivity index (χ2n) is 4.90. The third kappa shape index (κ3) is 3.84. The SMILES string of the molecule is CCCOc1cccc(C(NCC)c2csc(C)c2)c1. The van der Waals surface area contributed by atoms with Gasteiger partial charge in [-0.25, -0.2) is 0 Å². The van der Waals surface area contributed by atoms with Gasteiger partial charge in [-0.2, -0.15) is 0 Å². The Balaban J connectivity index is 2.24. The van der Waals surface area contributed by atoms with Crippen LogP contribution in [0.1, 0.15) is 42.3 Å². The van der Waals surface area contributed by atoms with E-state index in [9.17, 15) is 0 Å². The number of ether oxygens (including phenoxy) is 1. The van der Waals surface area contributed by atoms with Crippen molar-refractivity contribution in [2.75, 3.05) is 13.2 Å². The van der Waals surface area contributed by atoms with Crippen molar-refractivity contribution in [2.24, 2.45) is 0 Å². The molecule has 3 heteroatoms. The summed E-state index contributed by atoms with van der Waals surface area (Å²) in [6, 6.07) is 10.9. The Morgan fingerprint density at radius 2 is 2.05 bits per heavy atom. The summed E-state index contributed by atoms with van der Waals surface area (Å²) in [5, 5.41) is 5.80. The minimum atomic E-state index is 0.245. The first kappa shape index (κ1) is 15.1. The molecule has 0 saturated heterocycles. The van der Waals surface area contributed by atoms with Crippen molar-refractivity contribution >= 4 is 11.3 Å². The molecular weight excluding hydrogens is 266 g/mol. The molecule has 1 atom stereocenters. The molecule has 0 bridgehead atoms. The van der Waals surface area contributed by atoms with Crippen molar-refractivity contribution in [1.29, 1.82) is 0 Å². The molecule has 2 aromatic rings. The number of aryl methyl sites for hydroxylation is 1. The Kier molecular flexibility index (Phi) is 5.62. The van der Waals surface area contributed by atoms with Gasteiger partial charge in [0.1, 0.15) is 5.75 Å². The van der Waals surface area contributed by atoms with Gasteiger partial charge in [0.2, 0.25) is 0 Å². The van der Waals surface area contributed by atoms with E-state index in [2.05, 4.69) is 55.7 Å². The normalized spacial score (nSPS) is 12.3. The monoisotopic (exact) mass is 289 g/mol. The number of benzene rings is 1. The minimum Gasteiger partial charge on any atom is -0.494 e. The van der Waals surface area contributed by atoms with Gasteiger partial charge in [0.25, 0.3) is 0 Å². The van der Waals surface area contributed by atoms with Crippen LogP contribution in [0.5, 0.6) is 5.75 Å². The van der Waals surface area contributed by atoms with Gasteiger partial charge in [-0.15, -0.1) is 11.3 Å². The second-order valence-corrected chi connectivity index (χ2v) is 6.02. The Labute approximate surface area is 125 Å². The van der Waals surface area contributed by atoms with Crippen LogP contribution >= 0.6 is 11.3 Å². The highest BCUT2D eigenvalue weighted by Gasteiger charge is 2.14. The van der Waals surface area contributed by atoms with Crippen molar-refractivity contribution in [2.45, 2.75) is 33.2 Å². The average molecular weight is 289 g/mol. The van der Waals surface area contributed by atoms with Crippen molar-refractivity contribution in [3.05, 3.63) is 51.7 Å². The number of rotatable bonds is 7. The number of hydrogen-bond donors (Lipinski definition) is 1. The highest BCUT2D eigenvalue weighted by Crippen LogP contribution is 2.28. The number of nitrogens with one attached hydrogen (secondary N) is 1. The van der Waals surface area contributed by atoms with E-state index >= 15 is 0 Å². The molecule has 0 saturated carbocycles. The molecule has 0 fully saturated rings. The Morgan fingerprint density at radius 1 is 1.20 bits per heavy atom. The zero-order chi connectivity index (χ0) is 14.4. The molecule has 1 unspecified atom stereocenters. The molecule has 108 valence electrons. The molecule has 1 aromatic carbocycles. The summed E-state index contributed by atoms with van der Waals surface area (Å²) in [6.07, 6.45) is 1.03. The van der Waals surface area contributed by atoms with Gasteiger partial charge >= 0.3 is 0 Å². The molecule has 0 amide bonds. The van der Waals surface area contributed by atoms with Crippen molar-refractivity contribution in [3.8, 4) is 5.75 Å². The molecule has 20 heavy (non-hydrogen) atoms. The van der Waals surface area contributed by atoms with E-state index in [-0.39, 0.29) is 6.04 Å². The Bertz CT molecular complexity index is 535. The Morgan fingerprint density at radius 3 is 2.70 bits per heavy atom. The van der Waals surface area contributed by atoms with Crippen LogP contribution in [0, 0.1) is 6.92 Å². The molecule has 0 aliphatic rings. The van der Waals surface area contributed by atoms with Crippen molar-refractivity contribution in [3.63, 3.8) is 0 Å². The van der Waals surface area contributed by atoms with Crippen LogP contribution in [0.25, 0.3) is 0 Å². The first-order valence-electron chi connectivity index (χ1n) is 7.25. The molecule has 2 nitrogen and oxygen atoms in total. The lowest BCUT2D eigenvalue weighted by atomic mass is 10.0. The van der Waals surface area contributed by atoms with Gasteiger partial charge in [-0.3, -0.25) is 0 Å². The molecule has 0 radical (unpaired) electrons. The quantitative estimate of drug-likeness (QED) is 0.807. The van der Waals surface area contributed by atoms with Gasteiger partial charge in [0.15, 0.2) is 0 Å². The lowest BCUT2D eigenvalue weighted by Gasteiger charge is -2.18. The van der Waals surface area contributed by atoms with Gasteiger partial charge in [-0.05, 0) is 54.6 Å². The number of hydrogen-bond acceptors (Lipinski definition) is 3. The average Bonchev–Trinajstić information content (AvgIpc) is 2.89. The van der Waals surface area contributed by atoms with Crippen LogP contribution in [0.4, 0.5) is 0 Å². The fraction of sp³-hybridized carbons (Fsp3) is 0.412. The molecule has 1 aromatic heterocycles. The third-order valence-electron chi connectivity index (χ3n) is 3.16. The Hall–Kier alpha value is -1.32. The summed E-state index contributed by atoms with van der Waals surface area (Å²) >= 11 is 1.80. The molecule has 0 aliphatic heterocycles. The van der Waals surface area contributed by atoms with Crippen LogP contribution in [0.15, 0.2) is 35.7 Å². The van der Waals surface area contributed by atoms with E-state index in [1.54, 1.807) is 11.3 Å². The van der Waals surface area contributed by atoms with Gasteiger partial charge in [0.05, 0.1) is 12.6 Å². The molecule has 0 spiro atoms. The van der Waals surface area contributed by atoms with Crippen LogP contribution < -0.4 is 10.1 Å². The highest BCUT2D eigenvalue weighted by atomic mass is 32.1. The van der Waals surface area contributed by atoms with E-state index in [0.717, 1.165) is 25.3 Å². The summed E-state index contributed by atoms with van der Waals surface area (Å²) in [5.41, 5.74) is 2.60. The molecular formula is C17H23NOS. The minimum absolute atomic E-state index is 0.245. The lowest BCUT2D eigenvalue weighted by molar-refractivity contribution is 0.317. The predicted molar refractivity (Wildman–Crippen MR) is 86.8 cm³/mol. The molecule has 1 N–H and O–H groups in total. The zero-order valence-corrected chi connectivity index (χ0v) is 13.3. The highest BCUT2D eigenvalue weighted by molar-refractivity contribution is 7.10. The van der Waals surface area contributed by atoms with E-state index in [4.69, 9.17) is 4.74 Å². The van der Waals surface area contributed by atoms with E-state index < -0.39 is 0 Å². The standard InChI is InChI=1S/C17H23NOS/c1-4-9-19-16-8-6-7-14(11-16)17(18-5-2)15-10-13(3)20-12-15/h6-8,10-12,17-18H,4-5,9H2,1-3H3. The largest absolute Gasteiger partial charge is 0.494 e. The third-order valence-corrected chi connectivity index (χ3v) is 4.04. The molecule has 1 heterocycles. The summed E-state index contributed by atoms with van der Waals surface area (Å²) in [7, 11) is 0. The second kappa shape index (κ2) is 7.46. The van der Waals surface area contributed by atoms with E-state index in [1.807, 2.05) is 6.07 Å². The van der Waals surface area contributed by atoms with E-state index in [0.29, 0.717) is 0 Å². The zero-order valence-electron chi connectivity index (χ0n) is 12.5. The predicted octanol–water partition coefficient (Wildman–Crippen LogP) is 4.54. The summed E-state index contributed by atoms with van der Waals surface area (Å²) in [5.74, 6) is 0.958. The maximum absolute atomic E-state index is 5.74. The fourth-order valence-corrected chi connectivity index (χ4v) is 2.98. The van der Waals surface area contributed by atoms with Gasteiger partial charge < -0.3 is 10.1 Å². The first-order valence-corrected chi connectivity index (χ1v) is 8.13. The fourth-order valence-electron chi connectivity index (χ4n) is 2.25. The summed E-state index contributed by atoms with van der Waals surface area (Å²) < 4.78 is 5.74. The van der Waals surface area contributed by atoms with Crippen molar-refractivity contribution in [1.82, 2.24) is 5.32 Å². The maximum Gasteiger partial charge on any atom is 0.119 e. The lowest BCUT2D eigenvalue weighted by Crippen LogP contribution is -2.21. The smallest absolute Gasteiger partial charge is 0.119 e. The summed E-state index contributed by atoms with van der Waals surface area (Å²) in [6.45, 7) is 8.13. The van der Waals surface area contributed by atoms with Crippen molar-refractivity contribution < 1.29 is 4.74 Å². The molecule has 2 rings (SSSR count). The molecule has 0 aliphatic carbocycles. The van der Waals surface area contributed by atoms with Gasteiger partial charge in [-0.1, -0.05) is 26.0 Å². The summed E-state index contributed by atoms with van der Waals surface area (Å²) in [4.78, 5) is 1.35.